The van der Waals surface area contributed by atoms with Crippen molar-refractivity contribution >= 4 is 6.29 Å². The quantitative estimate of drug-likeness (QED) is 0.732. The molecule has 0 aliphatic heterocycles. The largest absolute Gasteiger partial charge is 0.303 e. The van der Waals surface area contributed by atoms with E-state index in [2.05, 4.69) is 39.0 Å². The number of carbonyl (C=O) groups excluding carboxylic acids is 1. The minimum absolute atomic E-state index is 0.116. The molecule has 5 rings (SSSR count). The van der Waals surface area contributed by atoms with Crippen molar-refractivity contribution in [1.82, 2.24) is 0 Å². The standard InChI is InChI=1S/C19H24O/c1-17-6-8-18(2,9-7-17)16-10-13(4-5-15(16)17)19(3)11-14(19)12-20/h4-5,10,12,14H,6-9,11H2,1-3H3/t14?,17?,18?,19-/m1/s1. The first-order valence-corrected chi connectivity index (χ1v) is 8.02. The van der Waals surface area contributed by atoms with Crippen LogP contribution in [0.25, 0.3) is 0 Å². The Morgan fingerprint density at radius 2 is 1.60 bits per heavy atom. The summed E-state index contributed by atoms with van der Waals surface area (Å²) in [7, 11) is 0. The molecule has 2 fully saturated rings. The van der Waals surface area contributed by atoms with Crippen LogP contribution >= 0.6 is 0 Å². The zero-order chi connectivity index (χ0) is 14.2. The molecule has 0 aromatic heterocycles. The van der Waals surface area contributed by atoms with Gasteiger partial charge in [0.15, 0.2) is 0 Å². The number of fused-ring (bicyclic) bond motifs is 2. The van der Waals surface area contributed by atoms with Crippen molar-refractivity contribution in [2.24, 2.45) is 5.92 Å². The lowest BCUT2D eigenvalue weighted by Gasteiger charge is -2.52. The van der Waals surface area contributed by atoms with E-state index < -0.39 is 0 Å². The third kappa shape index (κ3) is 1.42. The van der Waals surface area contributed by atoms with Gasteiger partial charge in [-0.3, -0.25) is 0 Å². The Balaban J connectivity index is 1.84. The van der Waals surface area contributed by atoms with Gasteiger partial charge >= 0.3 is 0 Å². The normalized spacial score (nSPS) is 45.0. The molecule has 1 aromatic rings. The highest BCUT2D eigenvalue weighted by Crippen LogP contribution is 2.59. The molecule has 4 aliphatic carbocycles. The van der Waals surface area contributed by atoms with Crippen molar-refractivity contribution in [3.63, 3.8) is 0 Å². The van der Waals surface area contributed by atoms with E-state index in [9.17, 15) is 4.79 Å². The Bertz CT molecular complexity index is 592. The van der Waals surface area contributed by atoms with Crippen LogP contribution in [0.2, 0.25) is 0 Å². The monoisotopic (exact) mass is 268 g/mol. The van der Waals surface area contributed by atoms with E-state index in [1.165, 1.54) is 31.2 Å². The lowest BCUT2D eigenvalue weighted by molar-refractivity contribution is -0.109. The summed E-state index contributed by atoms with van der Waals surface area (Å²) in [6, 6.07) is 7.14. The SMILES string of the molecule is CC12CCC(C)(CC1)c1cc([C@@]3(C)CC3C=O)ccc12. The summed E-state index contributed by atoms with van der Waals surface area (Å²) >= 11 is 0. The third-order valence-electron chi connectivity index (χ3n) is 6.90. The lowest BCUT2D eigenvalue weighted by atomic mass is 9.52. The van der Waals surface area contributed by atoms with Gasteiger partial charge in [-0.1, -0.05) is 39.0 Å². The third-order valence-corrected chi connectivity index (χ3v) is 6.90. The molecule has 4 aliphatic rings. The maximum atomic E-state index is 11.1. The summed E-state index contributed by atoms with van der Waals surface area (Å²) in [6.07, 6.45) is 7.51. The van der Waals surface area contributed by atoms with Gasteiger partial charge in [0.1, 0.15) is 6.29 Å². The zero-order valence-corrected chi connectivity index (χ0v) is 12.8. The van der Waals surface area contributed by atoms with Gasteiger partial charge in [0.25, 0.3) is 0 Å². The van der Waals surface area contributed by atoms with Crippen molar-refractivity contribution in [3.8, 4) is 0 Å². The molecule has 1 unspecified atom stereocenters. The molecule has 1 heteroatoms. The Morgan fingerprint density at radius 1 is 1.00 bits per heavy atom. The molecular weight excluding hydrogens is 244 g/mol. The van der Waals surface area contributed by atoms with Crippen LogP contribution in [0.4, 0.5) is 0 Å². The first-order chi connectivity index (χ1) is 9.41. The Labute approximate surface area is 121 Å². The van der Waals surface area contributed by atoms with Gasteiger partial charge in [0.05, 0.1) is 0 Å². The minimum atomic E-state index is 0.116. The molecule has 0 saturated heterocycles. The van der Waals surface area contributed by atoms with Crippen LogP contribution in [0.5, 0.6) is 0 Å². The van der Waals surface area contributed by atoms with E-state index in [0.29, 0.717) is 10.8 Å². The fourth-order valence-electron chi connectivity index (χ4n) is 4.75. The van der Waals surface area contributed by atoms with Gasteiger partial charge in [-0.15, -0.1) is 0 Å². The molecule has 0 heterocycles. The number of aldehydes is 1. The molecule has 0 spiro atoms. The Hall–Kier alpha value is -1.11. The molecule has 2 bridgehead atoms. The first kappa shape index (κ1) is 12.6. The van der Waals surface area contributed by atoms with Gasteiger partial charge in [-0.2, -0.15) is 0 Å². The minimum Gasteiger partial charge on any atom is -0.303 e. The highest BCUT2D eigenvalue weighted by molar-refractivity contribution is 5.65. The average molecular weight is 268 g/mol. The van der Waals surface area contributed by atoms with Crippen LogP contribution in [0, 0.1) is 5.92 Å². The predicted molar refractivity (Wildman–Crippen MR) is 81.1 cm³/mol. The van der Waals surface area contributed by atoms with Crippen molar-refractivity contribution in [2.75, 3.05) is 0 Å². The zero-order valence-electron chi connectivity index (χ0n) is 12.8. The van der Waals surface area contributed by atoms with Crippen LogP contribution in [-0.2, 0) is 21.0 Å². The van der Waals surface area contributed by atoms with Crippen LogP contribution in [-0.4, -0.2) is 6.29 Å². The number of carbonyl (C=O) groups is 1. The van der Waals surface area contributed by atoms with Crippen LogP contribution in [0.1, 0.15) is 69.6 Å². The van der Waals surface area contributed by atoms with Gasteiger partial charge < -0.3 is 4.79 Å². The summed E-state index contributed by atoms with van der Waals surface area (Å²) in [5, 5.41) is 0. The molecule has 2 saturated carbocycles. The van der Waals surface area contributed by atoms with Gasteiger partial charge in [-0.25, -0.2) is 0 Å². The average Bonchev–Trinajstić information content (AvgIpc) is 3.14. The molecule has 20 heavy (non-hydrogen) atoms. The smallest absolute Gasteiger partial charge is 0.123 e. The van der Waals surface area contributed by atoms with Crippen molar-refractivity contribution in [1.29, 1.82) is 0 Å². The fraction of sp³-hybridized carbons (Fsp3) is 0.632. The lowest BCUT2D eigenvalue weighted by Crippen LogP contribution is -2.44. The number of rotatable bonds is 2. The van der Waals surface area contributed by atoms with E-state index in [0.717, 1.165) is 12.7 Å². The molecule has 1 nitrogen and oxygen atoms in total. The van der Waals surface area contributed by atoms with Gasteiger partial charge in [-0.05, 0) is 59.6 Å². The molecular formula is C19H24O. The number of hydrogen-bond acceptors (Lipinski definition) is 1. The molecule has 2 atom stereocenters. The van der Waals surface area contributed by atoms with E-state index in [-0.39, 0.29) is 11.3 Å². The van der Waals surface area contributed by atoms with Crippen molar-refractivity contribution in [3.05, 3.63) is 34.9 Å². The maximum Gasteiger partial charge on any atom is 0.123 e. The molecule has 1 aromatic carbocycles. The Kier molecular flexibility index (Phi) is 2.24. The van der Waals surface area contributed by atoms with Crippen LogP contribution in [0.3, 0.4) is 0 Å². The maximum absolute atomic E-state index is 11.1. The van der Waals surface area contributed by atoms with Crippen molar-refractivity contribution < 1.29 is 4.79 Å². The molecule has 0 N–H and O–H groups in total. The van der Waals surface area contributed by atoms with E-state index in [1.807, 2.05) is 0 Å². The highest BCUT2D eigenvalue weighted by Gasteiger charge is 2.53. The summed E-state index contributed by atoms with van der Waals surface area (Å²) in [5.74, 6) is 0.240. The summed E-state index contributed by atoms with van der Waals surface area (Å²) < 4.78 is 0. The number of benzene rings is 1. The molecule has 0 radical (unpaired) electrons. The van der Waals surface area contributed by atoms with Crippen molar-refractivity contribution in [2.45, 2.75) is 69.1 Å². The summed E-state index contributed by atoms with van der Waals surface area (Å²) in [6.45, 7) is 7.14. The van der Waals surface area contributed by atoms with E-state index in [4.69, 9.17) is 0 Å². The summed E-state index contributed by atoms with van der Waals surface area (Å²) in [4.78, 5) is 11.1. The Morgan fingerprint density at radius 3 is 2.15 bits per heavy atom. The highest BCUT2D eigenvalue weighted by atomic mass is 16.1. The van der Waals surface area contributed by atoms with Crippen LogP contribution in [0.15, 0.2) is 18.2 Å². The second-order valence-electron chi connectivity index (χ2n) is 8.25. The second kappa shape index (κ2) is 3.55. The second-order valence-corrected chi connectivity index (χ2v) is 8.25. The van der Waals surface area contributed by atoms with Gasteiger partial charge in [0, 0.05) is 11.3 Å². The van der Waals surface area contributed by atoms with E-state index in [1.54, 1.807) is 11.1 Å². The number of hydrogen-bond donors (Lipinski definition) is 0. The molecule has 106 valence electrons. The van der Waals surface area contributed by atoms with E-state index >= 15 is 0 Å². The van der Waals surface area contributed by atoms with Gasteiger partial charge in [0.2, 0.25) is 0 Å². The summed E-state index contributed by atoms with van der Waals surface area (Å²) in [5.41, 5.74) is 5.47. The topological polar surface area (TPSA) is 17.1 Å². The van der Waals surface area contributed by atoms with Crippen LogP contribution < -0.4 is 0 Å². The predicted octanol–water partition coefficient (Wildman–Crippen LogP) is 4.27. The first-order valence-electron chi connectivity index (χ1n) is 8.02. The fourth-order valence-corrected chi connectivity index (χ4v) is 4.75. The molecule has 0 amide bonds.